The first-order chi connectivity index (χ1) is 17.9. The second kappa shape index (κ2) is 9.69. The predicted octanol–water partition coefficient (Wildman–Crippen LogP) is 4.40. The van der Waals surface area contributed by atoms with Gasteiger partial charge in [-0.15, -0.1) is 0 Å². The van der Waals surface area contributed by atoms with Gasteiger partial charge in [0.2, 0.25) is 0 Å². The van der Waals surface area contributed by atoms with E-state index in [2.05, 4.69) is 0 Å². The molecule has 0 unspecified atom stereocenters. The zero-order valence-electron chi connectivity index (χ0n) is 20.4. The normalized spacial score (nSPS) is 12.5. The van der Waals surface area contributed by atoms with E-state index in [4.69, 9.17) is 23.4 Å². The molecule has 0 spiro atoms. The van der Waals surface area contributed by atoms with Crippen LogP contribution in [0.4, 0.5) is 5.69 Å². The number of esters is 2. The molecule has 1 aliphatic rings. The van der Waals surface area contributed by atoms with Crippen LogP contribution in [0, 0.1) is 0 Å². The van der Waals surface area contributed by atoms with E-state index in [0.717, 1.165) is 10.9 Å². The van der Waals surface area contributed by atoms with E-state index >= 15 is 0 Å². The zero-order valence-corrected chi connectivity index (χ0v) is 20.4. The third-order valence-corrected chi connectivity index (χ3v) is 6.26. The van der Waals surface area contributed by atoms with E-state index in [-0.39, 0.29) is 24.4 Å². The van der Waals surface area contributed by atoms with Crippen molar-refractivity contribution in [1.29, 1.82) is 0 Å². The molecule has 0 saturated carbocycles. The number of rotatable bonds is 5. The fourth-order valence-corrected chi connectivity index (χ4v) is 4.42. The Morgan fingerprint density at radius 2 is 1.65 bits per heavy atom. The lowest BCUT2D eigenvalue weighted by atomic mass is 9.98. The molecule has 9 heteroatoms. The van der Waals surface area contributed by atoms with Gasteiger partial charge in [0, 0.05) is 11.5 Å². The van der Waals surface area contributed by atoms with E-state index < -0.39 is 17.6 Å². The number of carbonyl (C=O) groups excluding carboxylic acids is 2. The van der Waals surface area contributed by atoms with Gasteiger partial charge in [-0.3, -0.25) is 0 Å². The van der Waals surface area contributed by atoms with Gasteiger partial charge in [0.25, 0.3) is 0 Å². The van der Waals surface area contributed by atoms with Crippen molar-refractivity contribution in [2.75, 3.05) is 33.0 Å². The van der Waals surface area contributed by atoms with Crippen LogP contribution >= 0.6 is 0 Å². The molecular weight excluding hydrogens is 478 g/mol. The summed E-state index contributed by atoms with van der Waals surface area (Å²) in [6.07, 6.45) is 0. The molecule has 9 nitrogen and oxygen atoms in total. The standard InChI is InChI=1S/C28H23NO8/c1-33-18-7-4-16(5-8-18)21-13-25(30)37-26-19(21)10-11-24-22(26)14-29(15-36-24)23-12-17(27(31)34-2)6-9-20(23)28(32)35-3/h4-13H,14-15H2,1-3H3. The summed E-state index contributed by atoms with van der Waals surface area (Å²) in [5.74, 6) is 0.149. The molecule has 0 aliphatic carbocycles. The highest BCUT2D eigenvalue weighted by atomic mass is 16.5. The number of methoxy groups -OCH3 is 3. The number of nitrogens with zero attached hydrogens (tertiary/aromatic N) is 1. The van der Waals surface area contributed by atoms with Crippen LogP contribution in [0.25, 0.3) is 22.1 Å². The average molecular weight is 501 g/mol. The highest BCUT2D eigenvalue weighted by Crippen LogP contribution is 2.38. The lowest BCUT2D eigenvalue weighted by Gasteiger charge is -2.32. The number of anilines is 1. The third-order valence-electron chi connectivity index (χ3n) is 6.26. The smallest absolute Gasteiger partial charge is 0.339 e. The Morgan fingerprint density at radius 3 is 2.35 bits per heavy atom. The minimum absolute atomic E-state index is 0.0928. The molecule has 3 aromatic carbocycles. The van der Waals surface area contributed by atoms with Crippen molar-refractivity contribution < 1.29 is 33.0 Å². The minimum Gasteiger partial charge on any atom is -0.497 e. The van der Waals surface area contributed by atoms with E-state index in [9.17, 15) is 14.4 Å². The van der Waals surface area contributed by atoms with Crippen LogP contribution in [0.15, 0.2) is 69.9 Å². The molecule has 188 valence electrons. The van der Waals surface area contributed by atoms with Gasteiger partial charge < -0.3 is 28.3 Å². The molecule has 0 amide bonds. The van der Waals surface area contributed by atoms with Gasteiger partial charge in [-0.2, -0.15) is 0 Å². The van der Waals surface area contributed by atoms with Crippen molar-refractivity contribution >= 4 is 28.6 Å². The molecule has 4 aromatic rings. The van der Waals surface area contributed by atoms with Crippen molar-refractivity contribution in [3.05, 3.63) is 87.8 Å². The summed E-state index contributed by atoms with van der Waals surface area (Å²) < 4.78 is 26.7. The summed E-state index contributed by atoms with van der Waals surface area (Å²) >= 11 is 0. The number of fused-ring (bicyclic) bond motifs is 3. The molecule has 0 N–H and O–H groups in total. The van der Waals surface area contributed by atoms with Gasteiger partial charge in [-0.1, -0.05) is 12.1 Å². The maximum absolute atomic E-state index is 12.6. The van der Waals surface area contributed by atoms with Crippen LogP contribution in [0.3, 0.4) is 0 Å². The summed E-state index contributed by atoms with van der Waals surface area (Å²) in [7, 11) is 4.16. The first-order valence-electron chi connectivity index (χ1n) is 11.4. The lowest BCUT2D eigenvalue weighted by molar-refractivity contribution is 0.0587. The summed E-state index contributed by atoms with van der Waals surface area (Å²) in [6, 6.07) is 17.1. The zero-order chi connectivity index (χ0) is 26.1. The number of hydrogen-bond acceptors (Lipinski definition) is 9. The predicted molar refractivity (Wildman–Crippen MR) is 135 cm³/mol. The van der Waals surface area contributed by atoms with E-state index in [0.29, 0.717) is 33.9 Å². The van der Waals surface area contributed by atoms with Crippen molar-refractivity contribution in [2.24, 2.45) is 0 Å². The van der Waals surface area contributed by atoms with Crippen molar-refractivity contribution in [3.8, 4) is 22.6 Å². The molecule has 0 saturated heterocycles. The molecular formula is C28H23NO8. The first-order valence-corrected chi connectivity index (χ1v) is 11.4. The highest BCUT2D eigenvalue weighted by molar-refractivity contribution is 6.00. The fraction of sp³-hybridized carbons (Fsp3) is 0.179. The van der Waals surface area contributed by atoms with Crippen LogP contribution < -0.4 is 20.0 Å². The molecule has 1 aromatic heterocycles. The number of ether oxygens (including phenoxy) is 4. The Labute approximate surface area is 211 Å². The van der Waals surface area contributed by atoms with E-state index in [1.807, 2.05) is 36.4 Å². The van der Waals surface area contributed by atoms with Crippen molar-refractivity contribution in [3.63, 3.8) is 0 Å². The topological polar surface area (TPSA) is 105 Å². The second-order valence-electron chi connectivity index (χ2n) is 8.31. The summed E-state index contributed by atoms with van der Waals surface area (Å²) in [5.41, 5.74) is 2.98. The SMILES string of the molecule is COC(=O)c1ccc(C(=O)OC)c(N2COc3ccc4c(-c5ccc(OC)cc5)cc(=O)oc4c3C2)c1. The molecule has 0 bridgehead atoms. The molecule has 0 atom stereocenters. The molecule has 5 rings (SSSR count). The molecule has 37 heavy (non-hydrogen) atoms. The minimum atomic E-state index is -0.566. The molecule has 0 fully saturated rings. The highest BCUT2D eigenvalue weighted by Gasteiger charge is 2.27. The lowest BCUT2D eigenvalue weighted by Crippen LogP contribution is -2.33. The largest absolute Gasteiger partial charge is 0.497 e. The second-order valence-corrected chi connectivity index (χ2v) is 8.31. The van der Waals surface area contributed by atoms with Crippen LogP contribution in [0.5, 0.6) is 11.5 Å². The summed E-state index contributed by atoms with van der Waals surface area (Å²) in [6.45, 7) is 0.339. The maximum atomic E-state index is 12.6. The van der Waals surface area contributed by atoms with Crippen molar-refractivity contribution in [2.45, 2.75) is 6.54 Å². The molecule has 1 aliphatic heterocycles. The van der Waals surface area contributed by atoms with E-state index in [1.54, 1.807) is 18.1 Å². The quantitative estimate of drug-likeness (QED) is 0.291. The Balaban J connectivity index is 1.63. The Bertz CT molecular complexity index is 1570. The summed E-state index contributed by atoms with van der Waals surface area (Å²) in [4.78, 5) is 39.1. The van der Waals surface area contributed by atoms with Crippen LogP contribution in [0.1, 0.15) is 26.3 Å². The fourth-order valence-electron chi connectivity index (χ4n) is 4.42. The van der Waals surface area contributed by atoms with Gasteiger partial charge in [0.15, 0.2) is 6.73 Å². The van der Waals surface area contributed by atoms with Crippen LogP contribution in [-0.2, 0) is 16.0 Å². The molecule has 2 heterocycles. The molecule has 0 radical (unpaired) electrons. The Morgan fingerprint density at radius 1 is 0.892 bits per heavy atom. The van der Waals surface area contributed by atoms with Gasteiger partial charge in [-0.25, -0.2) is 14.4 Å². The third kappa shape index (κ3) is 4.35. The Hall–Kier alpha value is -4.79. The van der Waals surface area contributed by atoms with Crippen molar-refractivity contribution in [1.82, 2.24) is 0 Å². The summed E-state index contributed by atoms with van der Waals surface area (Å²) in [5, 5.41) is 0.727. The monoisotopic (exact) mass is 501 g/mol. The average Bonchev–Trinajstić information content (AvgIpc) is 2.95. The number of carbonyl (C=O) groups is 2. The Kier molecular flexibility index (Phi) is 6.27. The number of hydrogen-bond donors (Lipinski definition) is 0. The number of benzene rings is 3. The van der Waals surface area contributed by atoms with Gasteiger partial charge in [0.1, 0.15) is 17.1 Å². The van der Waals surface area contributed by atoms with Crippen LogP contribution in [0.2, 0.25) is 0 Å². The van der Waals surface area contributed by atoms with Gasteiger partial charge in [-0.05, 0) is 53.6 Å². The van der Waals surface area contributed by atoms with Crippen LogP contribution in [-0.4, -0.2) is 40.0 Å². The van der Waals surface area contributed by atoms with E-state index in [1.165, 1.54) is 32.4 Å². The first kappa shape index (κ1) is 23.9. The van der Waals surface area contributed by atoms with Gasteiger partial charge in [0.05, 0.1) is 50.3 Å². The maximum Gasteiger partial charge on any atom is 0.339 e. The van der Waals surface area contributed by atoms with Gasteiger partial charge >= 0.3 is 17.6 Å².